The van der Waals surface area contributed by atoms with Crippen LogP contribution in [-0.2, 0) is 5.41 Å². The Bertz CT molecular complexity index is 1100. The monoisotopic (exact) mass is 414 g/mol. The van der Waals surface area contributed by atoms with Crippen LogP contribution in [0.25, 0.3) is 0 Å². The number of ether oxygens (including phenoxy) is 1. The first kappa shape index (κ1) is 19.7. The number of hydrogen-bond donors (Lipinski definition) is 3. The molecule has 1 aliphatic heterocycles. The highest BCUT2D eigenvalue weighted by molar-refractivity contribution is 5.79. The lowest BCUT2D eigenvalue weighted by atomic mass is 9.85. The highest BCUT2D eigenvalue weighted by Crippen LogP contribution is 2.46. The van der Waals surface area contributed by atoms with E-state index in [2.05, 4.69) is 72.9 Å². The number of anilines is 3. The molecule has 160 valence electrons. The van der Waals surface area contributed by atoms with Gasteiger partial charge in [0.1, 0.15) is 11.5 Å². The van der Waals surface area contributed by atoms with E-state index in [1.165, 1.54) is 29.7 Å². The molecule has 1 aromatic heterocycles. The minimum atomic E-state index is -0.482. The van der Waals surface area contributed by atoms with E-state index < -0.39 is 5.79 Å². The van der Waals surface area contributed by atoms with Crippen molar-refractivity contribution in [3.63, 3.8) is 0 Å². The standard InChI is InChI=1S/C26H30N4O/c1-25(2,3)18-7-9-22(21(15-18)17-5-6-17)28-26(4)29-23-10-8-20(16-24(23)30-26)31-19-11-13-27-14-12-19/h7-17,28-30H,5-6H2,1-4H3. The van der Waals surface area contributed by atoms with E-state index in [4.69, 9.17) is 4.74 Å². The molecule has 5 heteroatoms. The third kappa shape index (κ3) is 4.18. The van der Waals surface area contributed by atoms with Crippen molar-refractivity contribution >= 4 is 17.1 Å². The Kier molecular flexibility index (Phi) is 4.58. The van der Waals surface area contributed by atoms with E-state index in [1.54, 1.807) is 12.4 Å². The van der Waals surface area contributed by atoms with E-state index in [-0.39, 0.29) is 5.41 Å². The highest BCUT2D eigenvalue weighted by atomic mass is 16.5. The normalized spacial score (nSPS) is 19.9. The molecule has 0 bridgehead atoms. The molecule has 5 nitrogen and oxygen atoms in total. The summed E-state index contributed by atoms with van der Waals surface area (Å²) >= 11 is 0. The third-order valence-corrected chi connectivity index (χ3v) is 5.97. The molecule has 1 unspecified atom stereocenters. The van der Waals surface area contributed by atoms with Gasteiger partial charge in [0.2, 0.25) is 0 Å². The molecule has 3 N–H and O–H groups in total. The summed E-state index contributed by atoms with van der Waals surface area (Å²) in [5.41, 5.74) is 6.22. The fourth-order valence-corrected chi connectivity index (χ4v) is 4.12. The first-order valence-corrected chi connectivity index (χ1v) is 11.0. The Hall–Kier alpha value is -3.21. The molecule has 1 aliphatic carbocycles. The molecule has 0 amide bonds. The summed E-state index contributed by atoms with van der Waals surface area (Å²) in [6.45, 7) is 8.95. The van der Waals surface area contributed by atoms with Gasteiger partial charge >= 0.3 is 0 Å². The average molecular weight is 415 g/mol. The van der Waals surface area contributed by atoms with Crippen LogP contribution in [0, 0.1) is 0 Å². The zero-order valence-electron chi connectivity index (χ0n) is 18.6. The van der Waals surface area contributed by atoms with Crippen molar-refractivity contribution in [3.05, 3.63) is 72.1 Å². The van der Waals surface area contributed by atoms with E-state index in [1.807, 2.05) is 24.3 Å². The summed E-state index contributed by atoms with van der Waals surface area (Å²) in [7, 11) is 0. The zero-order valence-corrected chi connectivity index (χ0v) is 18.6. The second kappa shape index (κ2) is 7.19. The fraction of sp³-hybridized carbons (Fsp3) is 0.346. The van der Waals surface area contributed by atoms with Crippen LogP contribution in [0.15, 0.2) is 60.9 Å². The number of nitrogens with zero attached hydrogens (tertiary/aromatic N) is 1. The van der Waals surface area contributed by atoms with Gasteiger partial charge < -0.3 is 20.7 Å². The van der Waals surface area contributed by atoms with Crippen LogP contribution in [0.5, 0.6) is 11.5 Å². The van der Waals surface area contributed by atoms with Crippen LogP contribution in [0.4, 0.5) is 17.1 Å². The van der Waals surface area contributed by atoms with Crippen molar-refractivity contribution in [1.82, 2.24) is 4.98 Å². The van der Waals surface area contributed by atoms with Gasteiger partial charge in [-0.1, -0.05) is 32.9 Å². The summed E-state index contributed by atoms with van der Waals surface area (Å²) in [6.07, 6.45) is 6.00. The molecular formula is C26H30N4O. The van der Waals surface area contributed by atoms with Crippen molar-refractivity contribution in [2.45, 2.75) is 57.7 Å². The Balaban J connectivity index is 1.36. The second-order valence-electron chi connectivity index (χ2n) is 9.82. The smallest absolute Gasteiger partial charge is 0.182 e. The topological polar surface area (TPSA) is 58.2 Å². The van der Waals surface area contributed by atoms with Gasteiger partial charge in [-0.25, -0.2) is 0 Å². The number of aromatic nitrogens is 1. The number of rotatable bonds is 5. The van der Waals surface area contributed by atoms with Crippen molar-refractivity contribution in [1.29, 1.82) is 0 Å². The Morgan fingerprint density at radius 1 is 0.935 bits per heavy atom. The SMILES string of the molecule is CC1(Nc2ccc(C(C)(C)C)cc2C2CC2)Nc2ccc(Oc3ccncc3)cc2N1. The van der Waals surface area contributed by atoms with Gasteiger partial charge in [-0.3, -0.25) is 4.98 Å². The Morgan fingerprint density at radius 2 is 1.68 bits per heavy atom. The van der Waals surface area contributed by atoms with Gasteiger partial charge in [0.25, 0.3) is 0 Å². The molecule has 0 spiro atoms. The molecule has 5 rings (SSSR count). The molecule has 2 aliphatic rings. The Labute approximate surface area is 184 Å². The predicted octanol–water partition coefficient (Wildman–Crippen LogP) is 6.67. The number of benzene rings is 2. The van der Waals surface area contributed by atoms with Crippen LogP contribution in [0.1, 0.15) is 57.6 Å². The van der Waals surface area contributed by atoms with E-state index >= 15 is 0 Å². The molecule has 0 saturated heterocycles. The average Bonchev–Trinajstić information content (AvgIpc) is 3.50. The minimum Gasteiger partial charge on any atom is -0.457 e. The lowest BCUT2D eigenvalue weighted by Crippen LogP contribution is -2.46. The van der Waals surface area contributed by atoms with Gasteiger partial charge in [-0.05, 0) is 72.6 Å². The summed E-state index contributed by atoms with van der Waals surface area (Å²) < 4.78 is 5.97. The largest absolute Gasteiger partial charge is 0.457 e. The molecule has 2 aromatic carbocycles. The van der Waals surface area contributed by atoms with Crippen LogP contribution in [-0.4, -0.2) is 10.8 Å². The van der Waals surface area contributed by atoms with Gasteiger partial charge in [-0.2, -0.15) is 0 Å². The summed E-state index contributed by atoms with van der Waals surface area (Å²) in [6, 6.07) is 16.6. The third-order valence-electron chi connectivity index (χ3n) is 5.97. The quantitative estimate of drug-likeness (QED) is 0.435. The maximum atomic E-state index is 5.97. The molecule has 0 radical (unpaired) electrons. The molecule has 31 heavy (non-hydrogen) atoms. The summed E-state index contributed by atoms with van der Waals surface area (Å²) in [5.74, 6) is 1.74. The molecule has 1 atom stereocenters. The lowest BCUT2D eigenvalue weighted by molar-refractivity contribution is 0.482. The van der Waals surface area contributed by atoms with Crippen molar-refractivity contribution in [2.75, 3.05) is 16.0 Å². The first-order valence-electron chi connectivity index (χ1n) is 11.0. The fourth-order valence-electron chi connectivity index (χ4n) is 4.12. The maximum absolute atomic E-state index is 5.97. The van der Waals surface area contributed by atoms with Crippen molar-refractivity contribution < 1.29 is 4.74 Å². The van der Waals surface area contributed by atoms with Gasteiger partial charge in [0, 0.05) is 24.1 Å². The second-order valence-corrected chi connectivity index (χ2v) is 9.82. The van der Waals surface area contributed by atoms with E-state index in [0.717, 1.165) is 22.9 Å². The van der Waals surface area contributed by atoms with Crippen molar-refractivity contribution in [2.24, 2.45) is 0 Å². The Morgan fingerprint density at radius 3 is 2.39 bits per heavy atom. The van der Waals surface area contributed by atoms with Crippen LogP contribution < -0.4 is 20.7 Å². The zero-order chi connectivity index (χ0) is 21.6. The number of hydrogen-bond acceptors (Lipinski definition) is 5. The number of pyridine rings is 1. The first-order chi connectivity index (χ1) is 14.8. The van der Waals surface area contributed by atoms with Crippen LogP contribution in [0.2, 0.25) is 0 Å². The van der Waals surface area contributed by atoms with E-state index in [9.17, 15) is 0 Å². The summed E-state index contributed by atoms with van der Waals surface area (Å²) in [5, 5.41) is 10.9. The van der Waals surface area contributed by atoms with Gasteiger partial charge in [0.05, 0.1) is 11.4 Å². The molecule has 1 saturated carbocycles. The molecule has 1 fully saturated rings. The number of nitrogens with one attached hydrogen (secondary N) is 3. The van der Waals surface area contributed by atoms with Gasteiger partial charge in [-0.15, -0.1) is 0 Å². The number of fused-ring (bicyclic) bond motifs is 1. The maximum Gasteiger partial charge on any atom is 0.182 e. The van der Waals surface area contributed by atoms with Crippen LogP contribution >= 0.6 is 0 Å². The predicted molar refractivity (Wildman–Crippen MR) is 127 cm³/mol. The highest BCUT2D eigenvalue weighted by Gasteiger charge is 2.34. The lowest BCUT2D eigenvalue weighted by Gasteiger charge is -2.31. The van der Waals surface area contributed by atoms with Gasteiger partial charge in [0.15, 0.2) is 5.79 Å². The van der Waals surface area contributed by atoms with E-state index in [0.29, 0.717) is 5.92 Å². The van der Waals surface area contributed by atoms with Crippen molar-refractivity contribution in [3.8, 4) is 11.5 Å². The minimum absolute atomic E-state index is 0.150. The molecular weight excluding hydrogens is 384 g/mol. The van der Waals surface area contributed by atoms with Crippen LogP contribution in [0.3, 0.4) is 0 Å². The molecule has 3 aromatic rings. The summed E-state index contributed by atoms with van der Waals surface area (Å²) in [4.78, 5) is 4.04. The molecule has 2 heterocycles.